The lowest BCUT2D eigenvalue weighted by Gasteiger charge is -2.15. The van der Waals surface area contributed by atoms with Crippen LogP contribution in [0, 0.1) is 0 Å². The molecule has 5 heteroatoms. The third-order valence-electron chi connectivity index (χ3n) is 2.11. The van der Waals surface area contributed by atoms with E-state index in [1.807, 2.05) is 0 Å². The lowest BCUT2D eigenvalue weighted by Crippen LogP contribution is -2.35. The summed E-state index contributed by atoms with van der Waals surface area (Å²) in [6, 6.07) is 6.94. The highest BCUT2D eigenvalue weighted by Crippen LogP contribution is 2.21. The van der Waals surface area contributed by atoms with Crippen molar-refractivity contribution >= 4 is 17.5 Å². The van der Waals surface area contributed by atoms with Gasteiger partial charge in [0.1, 0.15) is 12.2 Å². The molecular formula is C10H10N2O3. The van der Waals surface area contributed by atoms with E-state index in [2.05, 4.69) is 5.43 Å². The Morgan fingerprint density at radius 1 is 1.40 bits per heavy atom. The first kappa shape index (κ1) is 9.51. The van der Waals surface area contributed by atoms with Gasteiger partial charge >= 0.3 is 0 Å². The third kappa shape index (κ3) is 1.76. The van der Waals surface area contributed by atoms with Gasteiger partial charge in [-0.05, 0) is 12.1 Å². The number of carbonyl (C=O) groups excluding carboxylic acids is 2. The molecule has 0 radical (unpaired) electrons. The van der Waals surface area contributed by atoms with Gasteiger partial charge in [-0.3, -0.25) is 15.0 Å². The Morgan fingerprint density at radius 3 is 2.80 bits per heavy atom. The van der Waals surface area contributed by atoms with E-state index in [1.165, 1.54) is 5.01 Å². The Hall–Kier alpha value is -2.04. The van der Waals surface area contributed by atoms with Crippen LogP contribution in [0.2, 0.25) is 0 Å². The number of nitrogens with one attached hydrogen (secondary N) is 1. The van der Waals surface area contributed by atoms with Crippen molar-refractivity contribution in [3.05, 3.63) is 24.3 Å². The van der Waals surface area contributed by atoms with Gasteiger partial charge in [-0.1, -0.05) is 6.07 Å². The minimum Gasteiger partial charge on any atom is -0.497 e. The van der Waals surface area contributed by atoms with Gasteiger partial charge in [0.2, 0.25) is 5.91 Å². The quantitative estimate of drug-likeness (QED) is 0.715. The summed E-state index contributed by atoms with van der Waals surface area (Å²) in [5.41, 5.74) is 3.06. The van der Waals surface area contributed by atoms with Crippen molar-refractivity contribution in [2.75, 3.05) is 12.1 Å². The zero-order valence-electron chi connectivity index (χ0n) is 8.19. The summed E-state index contributed by atoms with van der Waals surface area (Å²) >= 11 is 0. The molecule has 0 unspecified atom stereocenters. The van der Waals surface area contributed by atoms with Gasteiger partial charge in [0.05, 0.1) is 12.8 Å². The fourth-order valence-electron chi connectivity index (χ4n) is 1.40. The first-order valence-corrected chi connectivity index (χ1v) is 4.47. The van der Waals surface area contributed by atoms with Crippen LogP contribution in [-0.4, -0.2) is 18.9 Å². The fraction of sp³-hybridized carbons (Fsp3) is 0.200. The third-order valence-corrected chi connectivity index (χ3v) is 2.11. The number of hydrogen-bond acceptors (Lipinski definition) is 3. The molecule has 0 aromatic heterocycles. The number of ether oxygens (including phenoxy) is 1. The monoisotopic (exact) mass is 206 g/mol. The molecule has 2 amide bonds. The summed E-state index contributed by atoms with van der Waals surface area (Å²) in [6.07, 6.45) is -0.1000. The molecule has 0 spiro atoms. The van der Waals surface area contributed by atoms with E-state index in [4.69, 9.17) is 4.74 Å². The number of hydrazine groups is 1. The highest BCUT2D eigenvalue weighted by atomic mass is 16.5. The molecule has 0 aliphatic carbocycles. The van der Waals surface area contributed by atoms with E-state index in [-0.39, 0.29) is 18.2 Å². The van der Waals surface area contributed by atoms with E-state index in [0.29, 0.717) is 11.4 Å². The minimum atomic E-state index is -0.289. The topological polar surface area (TPSA) is 58.6 Å². The van der Waals surface area contributed by atoms with E-state index in [9.17, 15) is 9.59 Å². The summed E-state index contributed by atoms with van der Waals surface area (Å²) in [7, 11) is 1.55. The van der Waals surface area contributed by atoms with Crippen LogP contribution >= 0.6 is 0 Å². The van der Waals surface area contributed by atoms with Crippen LogP contribution in [0.1, 0.15) is 6.42 Å². The molecule has 1 fully saturated rings. The minimum absolute atomic E-state index is 0.1000. The molecule has 1 aliphatic heterocycles. The highest BCUT2D eigenvalue weighted by molar-refractivity contribution is 6.11. The number of methoxy groups -OCH3 is 1. The van der Waals surface area contributed by atoms with Gasteiger partial charge < -0.3 is 4.74 Å². The van der Waals surface area contributed by atoms with E-state index >= 15 is 0 Å². The number of hydrogen-bond donors (Lipinski definition) is 1. The Bertz CT molecular complexity index is 417. The lowest BCUT2D eigenvalue weighted by molar-refractivity contribution is -0.122. The predicted octanol–water partition coefficient (Wildman–Crippen LogP) is 0.463. The summed E-state index contributed by atoms with van der Waals surface area (Å²) in [6.45, 7) is 0. The number of carbonyl (C=O) groups is 2. The second-order valence-corrected chi connectivity index (χ2v) is 3.14. The van der Waals surface area contributed by atoms with E-state index < -0.39 is 0 Å². The molecule has 5 nitrogen and oxygen atoms in total. The first-order chi connectivity index (χ1) is 7.20. The Morgan fingerprint density at radius 2 is 2.20 bits per heavy atom. The lowest BCUT2D eigenvalue weighted by atomic mass is 10.3. The molecule has 0 saturated carbocycles. The van der Waals surface area contributed by atoms with Gasteiger partial charge in [-0.25, -0.2) is 5.01 Å². The summed E-state index contributed by atoms with van der Waals surface area (Å²) < 4.78 is 5.03. The van der Waals surface area contributed by atoms with Crippen molar-refractivity contribution in [1.82, 2.24) is 5.43 Å². The maximum atomic E-state index is 11.4. The number of anilines is 1. The Kier molecular flexibility index (Phi) is 2.29. The van der Waals surface area contributed by atoms with Crippen LogP contribution in [-0.2, 0) is 9.59 Å². The van der Waals surface area contributed by atoms with Crippen molar-refractivity contribution < 1.29 is 14.3 Å². The Balaban J connectivity index is 2.29. The molecule has 78 valence electrons. The number of nitrogens with zero attached hydrogens (tertiary/aromatic N) is 1. The maximum Gasteiger partial charge on any atom is 0.255 e. The second-order valence-electron chi connectivity index (χ2n) is 3.14. The predicted molar refractivity (Wildman–Crippen MR) is 53.2 cm³/mol. The summed E-state index contributed by atoms with van der Waals surface area (Å²) in [5, 5.41) is 1.23. The molecule has 15 heavy (non-hydrogen) atoms. The molecule has 1 aliphatic rings. The van der Waals surface area contributed by atoms with Crippen LogP contribution in [0.5, 0.6) is 5.75 Å². The second kappa shape index (κ2) is 3.61. The van der Waals surface area contributed by atoms with E-state index in [1.54, 1.807) is 31.4 Å². The summed E-state index contributed by atoms with van der Waals surface area (Å²) in [4.78, 5) is 22.4. The van der Waals surface area contributed by atoms with Crippen LogP contribution in [0.3, 0.4) is 0 Å². The van der Waals surface area contributed by atoms with Gasteiger partial charge in [0.25, 0.3) is 5.91 Å². The highest BCUT2D eigenvalue weighted by Gasteiger charge is 2.28. The molecule has 0 bridgehead atoms. The van der Waals surface area contributed by atoms with Crippen LogP contribution < -0.4 is 15.2 Å². The molecule has 1 saturated heterocycles. The molecule has 1 aromatic carbocycles. The van der Waals surface area contributed by atoms with Crippen molar-refractivity contribution in [3.63, 3.8) is 0 Å². The van der Waals surface area contributed by atoms with Crippen molar-refractivity contribution in [2.24, 2.45) is 0 Å². The number of amides is 2. The van der Waals surface area contributed by atoms with E-state index in [0.717, 1.165) is 0 Å². The molecule has 1 heterocycles. The zero-order valence-corrected chi connectivity index (χ0v) is 8.19. The zero-order chi connectivity index (χ0) is 10.8. The fourth-order valence-corrected chi connectivity index (χ4v) is 1.40. The average Bonchev–Trinajstić information content (AvgIpc) is 2.58. The van der Waals surface area contributed by atoms with Gasteiger partial charge in [0, 0.05) is 6.07 Å². The van der Waals surface area contributed by atoms with Gasteiger partial charge in [0.15, 0.2) is 0 Å². The van der Waals surface area contributed by atoms with Crippen LogP contribution in [0.15, 0.2) is 24.3 Å². The largest absolute Gasteiger partial charge is 0.497 e. The number of rotatable bonds is 2. The standard InChI is InChI=1S/C10H10N2O3/c1-15-8-4-2-3-7(5-8)12-10(14)6-9(13)11-12/h2-5H,6H2,1H3,(H,11,13). The van der Waals surface area contributed by atoms with Crippen LogP contribution in [0.4, 0.5) is 5.69 Å². The van der Waals surface area contributed by atoms with Gasteiger partial charge in [-0.2, -0.15) is 0 Å². The maximum absolute atomic E-state index is 11.4. The van der Waals surface area contributed by atoms with Gasteiger partial charge in [-0.15, -0.1) is 0 Å². The molecule has 2 rings (SSSR count). The van der Waals surface area contributed by atoms with Crippen molar-refractivity contribution in [2.45, 2.75) is 6.42 Å². The SMILES string of the molecule is COc1cccc(N2NC(=O)CC2=O)c1. The Labute approximate surface area is 86.6 Å². The first-order valence-electron chi connectivity index (χ1n) is 4.47. The molecule has 1 N–H and O–H groups in total. The van der Waals surface area contributed by atoms with Crippen molar-refractivity contribution in [3.8, 4) is 5.75 Å². The average molecular weight is 206 g/mol. The smallest absolute Gasteiger partial charge is 0.255 e. The van der Waals surface area contributed by atoms with Crippen LogP contribution in [0.25, 0.3) is 0 Å². The normalized spacial score (nSPS) is 15.4. The molecular weight excluding hydrogens is 196 g/mol. The summed E-state index contributed by atoms with van der Waals surface area (Å²) in [5.74, 6) is 0.0949. The molecule has 1 aromatic rings. The molecule has 0 atom stereocenters. The number of benzene rings is 1. The van der Waals surface area contributed by atoms with Crippen molar-refractivity contribution in [1.29, 1.82) is 0 Å².